The van der Waals surface area contributed by atoms with Gasteiger partial charge in [-0.25, -0.2) is 4.79 Å². The van der Waals surface area contributed by atoms with E-state index in [1.807, 2.05) is 31.2 Å². The number of hydrogen-bond donors (Lipinski definition) is 2. The number of nitrogens with zero attached hydrogens (tertiary/aromatic N) is 2. The lowest BCUT2D eigenvalue weighted by Crippen LogP contribution is -2.30. The molecular weight excluding hydrogens is 346 g/mol. The van der Waals surface area contributed by atoms with E-state index in [-0.39, 0.29) is 6.04 Å². The molecule has 140 valence electrons. The second-order valence-electron chi connectivity index (χ2n) is 6.01. The SMILES string of the molecule is COC1=C(OC)c2ccccc2[C@H](C(=O)O)N=C1[C@H](C)Nc1ccncc1. The summed E-state index contributed by atoms with van der Waals surface area (Å²) in [5.41, 5.74) is 2.51. The largest absolute Gasteiger partial charge is 0.492 e. The van der Waals surface area contributed by atoms with Gasteiger partial charge in [0.2, 0.25) is 0 Å². The Labute approximate surface area is 157 Å². The number of methoxy groups -OCH3 is 2. The molecule has 7 nitrogen and oxygen atoms in total. The minimum Gasteiger partial charge on any atom is -0.492 e. The van der Waals surface area contributed by atoms with Gasteiger partial charge in [0.25, 0.3) is 0 Å². The van der Waals surface area contributed by atoms with Crippen molar-refractivity contribution < 1.29 is 19.4 Å². The molecule has 1 aliphatic rings. The van der Waals surface area contributed by atoms with Crippen LogP contribution >= 0.6 is 0 Å². The lowest BCUT2D eigenvalue weighted by Gasteiger charge is -2.20. The first kappa shape index (κ1) is 18.4. The monoisotopic (exact) mass is 367 g/mol. The number of pyridine rings is 1. The maximum Gasteiger partial charge on any atom is 0.333 e. The van der Waals surface area contributed by atoms with Crippen LogP contribution in [0.2, 0.25) is 0 Å². The maximum atomic E-state index is 12.0. The highest BCUT2D eigenvalue weighted by Gasteiger charge is 2.33. The third-order valence-electron chi connectivity index (χ3n) is 4.32. The smallest absolute Gasteiger partial charge is 0.333 e. The standard InChI is InChI=1S/C20H21N3O4/c1-12(22-13-8-10-21-11-9-13)16-19(27-3)18(26-2)15-7-5-4-6-14(15)17(23-16)20(24)25/h4-12,17H,1-3H3,(H,21,22)(H,24,25)/t12-,17+/m0/s1. The van der Waals surface area contributed by atoms with Crippen LogP contribution < -0.4 is 5.32 Å². The number of aliphatic carboxylic acids is 1. The second kappa shape index (κ2) is 7.90. The molecule has 0 amide bonds. The highest BCUT2D eigenvalue weighted by molar-refractivity contribution is 6.10. The molecule has 2 aromatic rings. The van der Waals surface area contributed by atoms with Crippen LogP contribution in [0, 0.1) is 0 Å². The van der Waals surface area contributed by atoms with Gasteiger partial charge in [0, 0.05) is 23.6 Å². The normalized spacial score (nSPS) is 17.3. The minimum absolute atomic E-state index is 0.330. The summed E-state index contributed by atoms with van der Waals surface area (Å²) in [6.07, 6.45) is 3.35. The average molecular weight is 367 g/mol. The summed E-state index contributed by atoms with van der Waals surface area (Å²) in [5, 5.41) is 13.1. The van der Waals surface area contributed by atoms with Gasteiger partial charge in [-0.3, -0.25) is 9.98 Å². The Balaban J connectivity index is 2.14. The number of carboxylic acids is 1. The number of aliphatic imine (C=N–C) groups is 1. The Morgan fingerprint density at radius 1 is 1.11 bits per heavy atom. The van der Waals surface area contributed by atoms with E-state index in [2.05, 4.69) is 15.3 Å². The van der Waals surface area contributed by atoms with Crippen LogP contribution in [-0.4, -0.2) is 42.0 Å². The zero-order chi connectivity index (χ0) is 19.4. The summed E-state index contributed by atoms with van der Waals surface area (Å²) in [4.78, 5) is 20.5. The lowest BCUT2D eigenvalue weighted by atomic mass is 9.99. The molecule has 1 aliphatic heterocycles. The molecule has 27 heavy (non-hydrogen) atoms. The molecule has 0 spiro atoms. The molecule has 1 aromatic carbocycles. The maximum absolute atomic E-state index is 12.0. The van der Waals surface area contributed by atoms with Crippen molar-refractivity contribution in [3.8, 4) is 0 Å². The zero-order valence-corrected chi connectivity index (χ0v) is 15.3. The molecule has 0 unspecified atom stereocenters. The highest BCUT2D eigenvalue weighted by Crippen LogP contribution is 2.35. The van der Waals surface area contributed by atoms with Crippen LogP contribution in [0.1, 0.15) is 24.1 Å². The Kier molecular flexibility index (Phi) is 5.40. The summed E-state index contributed by atoms with van der Waals surface area (Å²) in [6, 6.07) is 9.42. The molecule has 1 aromatic heterocycles. The molecule has 7 heteroatoms. The summed E-state index contributed by atoms with van der Waals surface area (Å²) in [6.45, 7) is 1.89. The fourth-order valence-electron chi connectivity index (χ4n) is 3.11. The van der Waals surface area contributed by atoms with Crippen molar-refractivity contribution in [3.05, 3.63) is 65.7 Å². The van der Waals surface area contributed by atoms with Crippen molar-refractivity contribution >= 4 is 23.1 Å². The molecular formula is C20H21N3O4. The highest BCUT2D eigenvalue weighted by atomic mass is 16.5. The molecule has 0 aliphatic carbocycles. The molecule has 2 heterocycles. The van der Waals surface area contributed by atoms with E-state index in [4.69, 9.17) is 9.47 Å². The summed E-state index contributed by atoms with van der Waals surface area (Å²) >= 11 is 0. The van der Waals surface area contributed by atoms with Crippen LogP contribution in [0.3, 0.4) is 0 Å². The number of aromatic nitrogens is 1. The van der Waals surface area contributed by atoms with Gasteiger partial charge in [0.1, 0.15) is 5.71 Å². The molecule has 2 N–H and O–H groups in total. The van der Waals surface area contributed by atoms with E-state index in [1.54, 1.807) is 24.5 Å². The van der Waals surface area contributed by atoms with Gasteiger partial charge in [0.15, 0.2) is 17.6 Å². The van der Waals surface area contributed by atoms with E-state index >= 15 is 0 Å². The first-order valence-electron chi connectivity index (χ1n) is 8.45. The van der Waals surface area contributed by atoms with Crippen molar-refractivity contribution in [1.29, 1.82) is 0 Å². The fourth-order valence-corrected chi connectivity index (χ4v) is 3.11. The van der Waals surface area contributed by atoms with Gasteiger partial charge in [-0.15, -0.1) is 0 Å². The molecule has 0 saturated heterocycles. The summed E-state index contributed by atoms with van der Waals surface area (Å²) < 4.78 is 11.2. The fraction of sp³-hybridized carbons (Fsp3) is 0.250. The van der Waals surface area contributed by atoms with Crippen LogP contribution in [0.15, 0.2) is 59.5 Å². The van der Waals surface area contributed by atoms with E-state index in [0.29, 0.717) is 28.4 Å². The van der Waals surface area contributed by atoms with E-state index < -0.39 is 12.0 Å². The predicted molar refractivity (Wildman–Crippen MR) is 103 cm³/mol. The Morgan fingerprint density at radius 2 is 1.78 bits per heavy atom. The number of fused-ring (bicyclic) bond motifs is 1. The number of carboxylic acid groups (broad SMARTS) is 1. The number of carbonyl (C=O) groups is 1. The molecule has 0 saturated carbocycles. The number of benzene rings is 1. The molecule has 2 atom stereocenters. The third-order valence-corrected chi connectivity index (χ3v) is 4.32. The Morgan fingerprint density at radius 3 is 2.41 bits per heavy atom. The van der Waals surface area contributed by atoms with Gasteiger partial charge >= 0.3 is 5.97 Å². The van der Waals surface area contributed by atoms with E-state index in [0.717, 1.165) is 5.69 Å². The topological polar surface area (TPSA) is 93.0 Å². The number of nitrogens with one attached hydrogen (secondary N) is 1. The van der Waals surface area contributed by atoms with Crippen LogP contribution in [0.5, 0.6) is 0 Å². The Bertz CT molecular complexity index is 893. The molecule has 3 rings (SSSR count). The molecule has 0 radical (unpaired) electrons. The van der Waals surface area contributed by atoms with Crippen LogP contribution in [0.25, 0.3) is 5.76 Å². The minimum atomic E-state index is -1.06. The van der Waals surface area contributed by atoms with Gasteiger partial charge in [-0.1, -0.05) is 24.3 Å². The average Bonchev–Trinajstić information content (AvgIpc) is 2.82. The molecule has 0 bridgehead atoms. The first-order valence-corrected chi connectivity index (χ1v) is 8.45. The van der Waals surface area contributed by atoms with Crippen molar-refractivity contribution in [1.82, 2.24) is 4.98 Å². The van der Waals surface area contributed by atoms with E-state index in [1.165, 1.54) is 14.2 Å². The van der Waals surface area contributed by atoms with Gasteiger partial charge < -0.3 is 19.9 Å². The second-order valence-corrected chi connectivity index (χ2v) is 6.01. The number of rotatable bonds is 6. The summed E-state index contributed by atoms with van der Waals surface area (Å²) in [7, 11) is 3.05. The molecule has 0 fully saturated rings. The zero-order valence-electron chi connectivity index (χ0n) is 15.3. The van der Waals surface area contributed by atoms with Crippen molar-refractivity contribution in [2.45, 2.75) is 19.0 Å². The van der Waals surface area contributed by atoms with Crippen molar-refractivity contribution in [2.24, 2.45) is 4.99 Å². The lowest BCUT2D eigenvalue weighted by molar-refractivity contribution is -0.138. The van der Waals surface area contributed by atoms with Crippen LogP contribution in [-0.2, 0) is 14.3 Å². The third kappa shape index (κ3) is 3.62. The Hall–Kier alpha value is -3.35. The van der Waals surface area contributed by atoms with Crippen molar-refractivity contribution in [3.63, 3.8) is 0 Å². The van der Waals surface area contributed by atoms with E-state index in [9.17, 15) is 9.90 Å². The quantitative estimate of drug-likeness (QED) is 0.815. The van der Waals surface area contributed by atoms with Gasteiger partial charge in [-0.2, -0.15) is 0 Å². The van der Waals surface area contributed by atoms with Crippen molar-refractivity contribution in [2.75, 3.05) is 19.5 Å². The predicted octanol–water partition coefficient (Wildman–Crippen LogP) is 3.12. The number of anilines is 1. The van der Waals surface area contributed by atoms with Gasteiger partial charge in [0.05, 0.1) is 20.3 Å². The van der Waals surface area contributed by atoms with Crippen LogP contribution in [0.4, 0.5) is 5.69 Å². The number of ether oxygens (including phenoxy) is 2. The summed E-state index contributed by atoms with van der Waals surface area (Å²) in [5.74, 6) is -0.175. The van der Waals surface area contributed by atoms with Gasteiger partial charge in [-0.05, 0) is 24.6 Å². The number of hydrogen-bond acceptors (Lipinski definition) is 6. The first-order chi connectivity index (χ1) is 13.1.